The summed E-state index contributed by atoms with van der Waals surface area (Å²) >= 11 is 0. The lowest BCUT2D eigenvalue weighted by molar-refractivity contribution is -0.121. The van der Waals surface area contributed by atoms with E-state index >= 15 is 0 Å². The Morgan fingerprint density at radius 3 is 3.11 bits per heavy atom. The van der Waals surface area contributed by atoms with Crippen molar-refractivity contribution in [2.45, 2.75) is 25.4 Å². The maximum Gasteiger partial charge on any atom is 0.265 e. The van der Waals surface area contributed by atoms with Gasteiger partial charge in [0.25, 0.3) is 5.91 Å². The van der Waals surface area contributed by atoms with Gasteiger partial charge >= 0.3 is 0 Å². The van der Waals surface area contributed by atoms with Crippen LogP contribution in [0, 0.1) is 0 Å². The Morgan fingerprint density at radius 2 is 2.37 bits per heavy atom. The zero-order valence-corrected chi connectivity index (χ0v) is 10.9. The lowest BCUT2D eigenvalue weighted by Gasteiger charge is -2.38. The van der Waals surface area contributed by atoms with Gasteiger partial charge in [0, 0.05) is 19.1 Å². The second kappa shape index (κ2) is 5.19. The van der Waals surface area contributed by atoms with Crippen LogP contribution >= 0.6 is 0 Å². The topological polar surface area (TPSA) is 67.6 Å². The molecule has 0 bridgehead atoms. The van der Waals surface area contributed by atoms with E-state index in [2.05, 4.69) is 5.32 Å². The fraction of sp³-hybridized carbons (Fsp3) is 0.500. The van der Waals surface area contributed by atoms with E-state index in [1.165, 1.54) is 0 Å². The third-order valence-electron chi connectivity index (χ3n) is 3.77. The minimum Gasteiger partial charge on any atom is -0.482 e. The van der Waals surface area contributed by atoms with Crippen molar-refractivity contribution in [3.05, 3.63) is 23.8 Å². The van der Waals surface area contributed by atoms with Gasteiger partial charge in [-0.15, -0.1) is 0 Å². The third-order valence-corrected chi connectivity index (χ3v) is 3.77. The number of amides is 1. The summed E-state index contributed by atoms with van der Waals surface area (Å²) in [6.45, 7) is 2.48. The van der Waals surface area contributed by atoms with Crippen molar-refractivity contribution in [3.63, 3.8) is 0 Å². The van der Waals surface area contributed by atoms with Gasteiger partial charge in [-0.2, -0.15) is 0 Å². The average Bonchev–Trinajstić information content (AvgIpc) is 2.47. The monoisotopic (exact) mass is 261 g/mol. The largest absolute Gasteiger partial charge is 0.482 e. The Labute approximate surface area is 112 Å². The Kier molecular flexibility index (Phi) is 3.40. The van der Waals surface area contributed by atoms with Crippen LogP contribution < -0.4 is 20.7 Å². The molecule has 2 aliphatic rings. The Balaban J connectivity index is 1.97. The molecule has 3 rings (SSSR count). The van der Waals surface area contributed by atoms with Crippen molar-refractivity contribution in [3.8, 4) is 5.75 Å². The summed E-state index contributed by atoms with van der Waals surface area (Å²) in [6, 6.07) is 6.05. The minimum atomic E-state index is 0.0374. The second-order valence-corrected chi connectivity index (χ2v) is 5.06. The van der Waals surface area contributed by atoms with Gasteiger partial charge in [0.2, 0.25) is 0 Å². The summed E-state index contributed by atoms with van der Waals surface area (Å²) in [7, 11) is 0. The highest BCUT2D eigenvalue weighted by Crippen LogP contribution is 2.35. The quantitative estimate of drug-likeness (QED) is 0.819. The molecule has 2 heterocycles. The van der Waals surface area contributed by atoms with E-state index in [1.54, 1.807) is 0 Å². The van der Waals surface area contributed by atoms with Gasteiger partial charge in [0.15, 0.2) is 6.61 Å². The number of rotatable bonds is 2. The maximum atomic E-state index is 12.2. The van der Waals surface area contributed by atoms with Gasteiger partial charge in [0.05, 0.1) is 5.69 Å². The number of nitrogens with one attached hydrogen (secondary N) is 1. The standard InChI is InChI=1S/C14H19N3O2/c15-7-10-3-4-13-12(6-10)17(14(18)9-19-13)11-2-1-5-16-8-11/h3-4,6,11,16H,1-2,5,7-9,15H2. The van der Waals surface area contributed by atoms with E-state index < -0.39 is 0 Å². The summed E-state index contributed by atoms with van der Waals surface area (Å²) in [5, 5.41) is 3.35. The molecule has 0 aromatic heterocycles. The van der Waals surface area contributed by atoms with Crippen molar-refractivity contribution in [2.24, 2.45) is 5.73 Å². The number of ether oxygens (including phenoxy) is 1. The molecular formula is C14H19N3O2. The van der Waals surface area contributed by atoms with Gasteiger partial charge in [0.1, 0.15) is 5.75 Å². The number of hydrogen-bond acceptors (Lipinski definition) is 4. The fourth-order valence-electron chi connectivity index (χ4n) is 2.80. The van der Waals surface area contributed by atoms with Crippen LogP contribution in [0.25, 0.3) is 0 Å². The molecule has 1 amide bonds. The zero-order valence-electron chi connectivity index (χ0n) is 10.9. The first-order valence-electron chi connectivity index (χ1n) is 6.78. The molecule has 1 atom stereocenters. The number of nitrogens with zero attached hydrogens (tertiary/aromatic N) is 1. The molecule has 1 aromatic carbocycles. The van der Waals surface area contributed by atoms with Crippen LogP contribution in [0.3, 0.4) is 0 Å². The minimum absolute atomic E-state index is 0.0374. The van der Waals surface area contributed by atoms with E-state index in [9.17, 15) is 4.79 Å². The number of carbonyl (C=O) groups is 1. The summed E-state index contributed by atoms with van der Waals surface area (Å²) in [5.74, 6) is 0.817. The lowest BCUT2D eigenvalue weighted by atomic mass is 10.0. The molecular weight excluding hydrogens is 242 g/mol. The highest BCUT2D eigenvalue weighted by Gasteiger charge is 2.32. The van der Waals surface area contributed by atoms with Gasteiger partial charge < -0.3 is 20.7 Å². The number of carbonyl (C=O) groups excluding carboxylic acids is 1. The molecule has 0 saturated carbocycles. The van der Waals surface area contributed by atoms with E-state index in [1.807, 2.05) is 23.1 Å². The van der Waals surface area contributed by atoms with Crippen LogP contribution in [0.15, 0.2) is 18.2 Å². The summed E-state index contributed by atoms with van der Waals surface area (Å²) in [6.07, 6.45) is 2.13. The Bertz CT molecular complexity index is 484. The normalized spacial score (nSPS) is 22.9. The van der Waals surface area contributed by atoms with Gasteiger partial charge in [-0.3, -0.25) is 4.79 Å². The predicted octanol–water partition coefficient (Wildman–Crippen LogP) is 0.623. The summed E-state index contributed by atoms with van der Waals surface area (Å²) < 4.78 is 5.50. The van der Waals surface area contributed by atoms with E-state index in [4.69, 9.17) is 10.5 Å². The van der Waals surface area contributed by atoms with Gasteiger partial charge in [-0.1, -0.05) is 6.07 Å². The molecule has 19 heavy (non-hydrogen) atoms. The highest BCUT2D eigenvalue weighted by molar-refractivity contribution is 5.98. The Morgan fingerprint density at radius 1 is 1.47 bits per heavy atom. The first-order chi connectivity index (χ1) is 9.29. The van der Waals surface area contributed by atoms with E-state index in [0.717, 1.165) is 42.9 Å². The smallest absolute Gasteiger partial charge is 0.265 e. The highest BCUT2D eigenvalue weighted by atomic mass is 16.5. The summed E-state index contributed by atoms with van der Waals surface area (Å²) in [5.41, 5.74) is 7.57. The molecule has 5 nitrogen and oxygen atoms in total. The number of hydrogen-bond donors (Lipinski definition) is 2. The maximum absolute atomic E-state index is 12.2. The van der Waals surface area contributed by atoms with Crippen LogP contribution in [0.2, 0.25) is 0 Å². The SMILES string of the molecule is NCc1ccc2c(c1)N(C1CCCNC1)C(=O)CO2. The van der Waals surface area contributed by atoms with Crippen LogP contribution in [0.5, 0.6) is 5.75 Å². The molecule has 2 aliphatic heterocycles. The Hall–Kier alpha value is -1.59. The zero-order chi connectivity index (χ0) is 13.2. The van der Waals surface area contributed by atoms with Crippen LogP contribution in [-0.2, 0) is 11.3 Å². The van der Waals surface area contributed by atoms with Crippen LogP contribution in [-0.4, -0.2) is 31.6 Å². The summed E-state index contributed by atoms with van der Waals surface area (Å²) in [4.78, 5) is 14.1. The molecule has 102 valence electrons. The predicted molar refractivity (Wildman–Crippen MR) is 73.2 cm³/mol. The fourth-order valence-corrected chi connectivity index (χ4v) is 2.80. The molecule has 0 aliphatic carbocycles. The molecule has 0 spiro atoms. The molecule has 3 N–H and O–H groups in total. The number of fused-ring (bicyclic) bond motifs is 1. The van der Waals surface area contributed by atoms with Crippen LogP contribution in [0.4, 0.5) is 5.69 Å². The molecule has 0 radical (unpaired) electrons. The van der Waals surface area contributed by atoms with Crippen molar-refractivity contribution in [1.82, 2.24) is 5.32 Å². The number of piperidine rings is 1. The molecule has 1 fully saturated rings. The molecule has 5 heteroatoms. The molecule has 1 unspecified atom stereocenters. The van der Waals surface area contributed by atoms with Gasteiger partial charge in [-0.05, 0) is 37.1 Å². The van der Waals surface area contributed by atoms with Crippen molar-refractivity contribution in [2.75, 3.05) is 24.6 Å². The van der Waals surface area contributed by atoms with Crippen molar-refractivity contribution in [1.29, 1.82) is 0 Å². The number of anilines is 1. The lowest BCUT2D eigenvalue weighted by Crippen LogP contribution is -2.52. The van der Waals surface area contributed by atoms with Crippen molar-refractivity contribution >= 4 is 11.6 Å². The van der Waals surface area contributed by atoms with E-state index in [-0.39, 0.29) is 18.6 Å². The average molecular weight is 261 g/mol. The third kappa shape index (κ3) is 2.31. The molecule has 1 aromatic rings. The van der Waals surface area contributed by atoms with Gasteiger partial charge in [-0.25, -0.2) is 0 Å². The second-order valence-electron chi connectivity index (χ2n) is 5.06. The van der Waals surface area contributed by atoms with E-state index in [0.29, 0.717) is 6.54 Å². The number of nitrogens with two attached hydrogens (primary N) is 1. The first kappa shape index (κ1) is 12.4. The van der Waals surface area contributed by atoms with Crippen molar-refractivity contribution < 1.29 is 9.53 Å². The van der Waals surface area contributed by atoms with Crippen LogP contribution in [0.1, 0.15) is 18.4 Å². The first-order valence-corrected chi connectivity index (χ1v) is 6.78. The number of benzene rings is 1. The molecule has 1 saturated heterocycles.